The molecule has 0 saturated carbocycles. The molecule has 0 N–H and O–H groups in total. The van der Waals surface area contributed by atoms with Crippen LogP contribution >= 0.6 is 11.8 Å². The van der Waals surface area contributed by atoms with Gasteiger partial charge in [-0.25, -0.2) is 4.39 Å². The van der Waals surface area contributed by atoms with Crippen molar-refractivity contribution in [2.75, 3.05) is 5.75 Å². The van der Waals surface area contributed by atoms with E-state index in [0.29, 0.717) is 17.9 Å². The van der Waals surface area contributed by atoms with Crippen molar-refractivity contribution in [3.8, 4) is 0 Å². The van der Waals surface area contributed by atoms with Crippen LogP contribution in [0.2, 0.25) is 0 Å². The number of carbonyl (C=O) groups is 1. The van der Waals surface area contributed by atoms with E-state index < -0.39 is 0 Å². The van der Waals surface area contributed by atoms with E-state index in [1.54, 1.807) is 17.0 Å². The molecule has 3 rings (SSSR count). The molecule has 0 aliphatic carbocycles. The van der Waals surface area contributed by atoms with Crippen molar-refractivity contribution in [1.82, 2.24) is 4.90 Å². The summed E-state index contributed by atoms with van der Waals surface area (Å²) in [6, 6.07) is 14.8. The zero-order chi connectivity index (χ0) is 14.8. The fourth-order valence-corrected chi connectivity index (χ4v) is 3.66. The molecule has 1 atom stereocenters. The summed E-state index contributed by atoms with van der Waals surface area (Å²) in [5.41, 5.74) is 2.84. The summed E-state index contributed by atoms with van der Waals surface area (Å²) in [7, 11) is 0. The molecule has 0 aromatic heterocycles. The van der Waals surface area contributed by atoms with Crippen molar-refractivity contribution in [1.29, 1.82) is 0 Å². The van der Waals surface area contributed by atoms with Gasteiger partial charge in [0.1, 0.15) is 11.2 Å². The molecule has 108 valence electrons. The Balaban J connectivity index is 1.86. The first-order valence-corrected chi connectivity index (χ1v) is 7.91. The van der Waals surface area contributed by atoms with Crippen molar-refractivity contribution in [3.63, 3.8) is 0 Å². The number of hydrogen-bond acceptors (Lipinski definition) is 2. The van der Waals surface area contributed by atoms with E-state index in [9.17, 15) is 9.18 Å². The first-order valence-electron chi connectivity index (χ1n) is 6.86. The van der Waals surface area contributed by atoms with Gasteiger partial charge in [-0.2, -0.15) is 0 Å². The number of carbonyl (C=O) groups excluding carboxylic acids is 1. The third-order valence-electron chi connectivity index (χ3n) is 3.61. The largest absolute Gasteiger partial charge is 0.321 e. The highest BCUT2D eigenvalue weighted by molar-refractivity contribution is 8.00. The summed E-state index contributed by atoms with van der Waals surface area (Å²) >= 11 is 1.48. The second kappa shape index (κ2) is 5.90. The van der Waals surface area contributed by atoms with Crippen LogP contribution in [-0.2, 0) is 11.3 Å². The summed E-state index contributed by atoms with van der Waals surface area (Å²) in [6.07, 6.45) is 0. The van der Waals surface area contributed by atoms with Gasteiger partial charge in [-0.15, -0.1) is 11.8 Å². The Bertz CT molecular complexity index is 656. The van der Waals surface area contributed by atoms with Gasteiger partial charge in [0.25, 0.3) is 0 Å². The molecule has 0 bridgehead atoms. The van der Waals surface area contributed by atoms with Crippen LogP contribution in [-0.4, -0.2) is 16.6 Å². The highest BCUT2D eigenvalue weighted by Gasteiger charge is 2.34. The average molecular weight is 301 g/mol. The van der Waals surface area contributed by atoms with Gasteiger partial charge < -0.3 is 4.90 Å². The van der Waals surface area contributed by atoms with Crippen molar-refractivity contribution < 1.29 is 9.18 Å². The molecule has 0 radical (unpaired) electrons. The third kappa shape index (κ3) is 2.95. The zero-order valence-electron chi connectivity index (χ0n) is 11.8. The molecule has 1 unspecified atom stereocenters. The minimum absolute atomic E-state index is 0.0637. The summed E-state index contributed by atoms with van der Waals surface area (Å²) in [5, 5.41) is -0.236. The first-order chi connectivity index (χ1) is 10.1. The Morgan fingerprint density at radius 2 is 1.90 bits per heavy atom. The van der Waals surface area contributed by atoms with Crippen LogP contribution < -0.4 is 0 Å². The van der Waals surface area contributed by atoms with Crippen LogP contribution in [0.25, 0.3) is 0 Å². The van der Waals surface area contributed by atoms with Gasteiger partial charge in [-0.3, -0.25) is 4.79 Å². The lowest BCUT2D eigenvalue weighted by Crippen LogP contribution is -2.28. The molecule has 4 heteroatoms. The smallest absolute Gasteiger partial charge is 0.234 e. The van der Waals surface area contributed by atoms with Crippen LogP contribution in [0.1, 0.15) is 22.1 Å². The number of hydrogen-bond donors (Lipinski definition) is 0. The van der Waals surface area contributed by atoms with Crippen LogP contribution in [0.3, 0.4) is 0 Å². The quantitative estimate of drug-likeness (QED) is 0.856. The van der Waals surface area contributed by atoms with E-state index in [1.165, 1.54) is 23.4 Å². The van der Waals surface area contributed by atoms with E-state index in [2.05, 4.69) is 0 Å². The van der Waals surface area contributed by atoms with E-state index >= 15 is 0 Å². The second-order valence-electron chi connectivity index (χ2n) is 5.19. The summed E-state index contributed by atoms with van der Waals surface area (Å²) in [5.74, 6) is 0.220. The number of rotatable bonds is 3. The summed E-state index contributed by atoms with van der Waals surface area (Å²) < 4.78 is 14.0. The Morgan fingerprint density at radius 1 is 1.19 bits per heavy atom. The van der Waals surface area contributed by atoms with Crippen molar-refractivity contribution in [2.45, 2.75) is 18.8 Å². The minimum Gasteiger partial charge on any atom is -0.321 e. The molecule has 1 aliphatic rings. The van der Waals surface area contributed by atoms with Gasteiger partial charge >= 0.3 is 0 Å². The van der Waals surface area contributed by atoms with Crippen LogP contribution in [0.4, 0.5) is 4.39 Å². The predicted molar refractivity (Wildman–Crippen MR) is 83.3 cm³/mol. The highest BCUT2D eigenvalue weighted by atomic mass is 32.2. The lowest BCUT2D eigenvalue weighted by atomic mass is 10.1. The average Bonchev–Trinajstić information content (AvgIpc) is 2.83. The van der Waals surface area contributed by atoms with Gasteiger partial charge in [0, 0.05) is 12.1 Å². The van der Waals surface area contributed by atoms with Crippen LogP contribution in [0.5, 0.6) is 0 Å². The zero-order valence-corrected chi connectivity index (χ0v) is 12.6. The molecule has 0 spiro atoms. The maximum Gasteiger partial charge on any atom is 0.234 e. The molecule has 1 heterocycles. The monoisotopic (exact) mass is 301 g/mol. The molecule has 1 saturated heterocycles. The van der Waals surface area contributed by atoms with Gasteiger partial charge in [-0.1, -0.05) is 48.0 Å². The molecular weight excluding hydrogens is 285 g/mol. The van der Waals surface area contributed by atoms with E-state index in [-0.39, 0.29) is 17.1 Å². The van der Waals surface area contributed by atoms with Gasteiger partial charge in [0.2, 0.25) is 5.91 Å². The second-order valence-corrected chi connectivity index (χ2v) is 6.26. The summed E-state index contributed by atoms with van der Waals surface area (Å²) in [6.45, 7) is 2.55. The number of aryl methyl sites for hydroxylation is 1. The topological polar surface area (TPSA) is 20.3 Å². The van der Waals surface area contributed by atoms with Crippen molar-refractivity contribution >= 4 is 17.7 Å². The number of nitrogens with zero attached hydrogens (tertiary/aromatic N) is 1. The number of benzene rings is 2. The van der Waals surface area contributed by atoms with Gasteiger partial charge in [-0.05, 0) is 18.6 Å². The molecule has 2 nitrogen and oxygen atoms in total. The fourth-order valence-electron chi connectivity index (χ4n) is 2.45. The molecule has 1 aliphatic heterocycles. The van der Waals surface area contributed by atoms with E-state index in [0.717, 1.165) is 5.56 Å². The van der Waals surface area contributed by atoms with Crippen molar-refractivity contribution in [2.24, 2.45) is 0 Å². The molecular formula is C17H16FNOS. The molecule has 2 aromatic carbocycles. The highest BCUT2D eigenvalue weighted by Crippen LogP contribution is 2.40. The Morgan fingerprint density at radius 3 is 2.62 bits per heavy atom. The molecule has 1 amide bonds. The number of amides is 1. The van der Waals surface area contributed by atoms with Crippen LogP contribution in [0.15, 0.2) is 48.5 Å². The molecule has 21 heavy (non-hydrogen) atoms. The van der Waals surface area contributed by atoms with E-state index in [1.807, 2.05) is 37.3 Å². The first kappa shape index (κ1) is 14.1. The fraction of sp³-hybridized carbons (Fsp3) is 0.235. The third-order valence-corrected chi connectivity index (χ3v) is 4.85. The molecule has 1 fully saturated rings. The number of halogens is 1. The van der Waals surface area contributed by atoms with Crippen LogP contribution in [0, 0.1) is 12.7 Å². The predicted octanol–water partition coefficient (Wildman–Crippen LogP) is 3.91. The number of thioether (sulfide) groups is 1. The minimum atomic E-state index is -0.251. The SMILES string of the molecule is Cc1ccc(CN2C(=O)CSC2c2ccccc2F)cc1. The Hall–Kier alpha value is -1.81. The maximum atomic E-state index is 14.0. The lowest BCUT2D eigenvalue weighted by Gasteiger charge is -2.24. The normalized spacial score (nSPS) is 18.3. The summed E-state index contributed by atoms with van der Waals surface area (Å²) in [4.78, 5) is 13.9. The van der Waals surface area contributed by atoms with E-state index in [4.69, 9.17) is 0 Å². The van der Waals surface area contributed by atoms with Gasteiger partial charge in [0.05, 0.1) is 5.75 Å². The lowest BCUT2D eigenvalue weighted by molar-refractivity contribution is -0.128. The molecule has 2 aromatic rings. The van der Waals surface area contributed by atoms with Crippen molar-refractivity contribution in [3.05, 3.63) is 71.0 Å². The Labute approximate surface area is 128 Å². The Kier molecular flexibility index (Phi) is 3.97. The van der Waals surface area contributed by atoms with Gasteiger partial charge in [0.15, 0.2) is 0 Å². The standard InChI is InChI=1S/C17H16FNOS/c1-12-6-8-13(9-7-12)10-19-16(20)11-21-17(19)14-4-2-3-5-15(14)18/h2-9,17H,10-11H2,1H3. The maximum absolute atomic E-state index is 14.0.